The van der Waals surface area contributed by atoms with Crippen LogP contribution in [-0.2, 0) is 9.59 Å². The molecular formula is C18H27N3O3. The van der Waals surface area contributed by atoms with Gasteiger partial charge in [-0.1, -0.05) is 18.6 Å². The molecule has 1 aromatic carbocycles. The van der Waals surface area contributed by atoms with Crippen LogP contribution in [0.15, 0.2) is 24.3 Å². The summed E-state index contributed by atoms with van der Waals surface area (Å²) in [4.78, 5) is 26.3. The van der Waals surface area contributed by atoms with Gasteiger partial charge in [0.25, 0.3) is 0 Å². The molecule has 0 spiro atoms. The number of nitrogens with zero attached hydrogens (tertiary/aromatic N) is 1. The fourth-order valence-corrected chi connectivity index (χ4v) is 3.16. The van der Waals surface area contributed by atoms with Crippen molar-refractivity contribution >= 4 is 17.5 Å². The third-order valence-corrected chi connectivity index (χ3v) is 4.60. The number of anilines is 1. The Labute approximate surface area is 143 Å². The highest BCUT2D eigenvalue weighted by Crippen LogP contribution is 2.27. The van der Waals surface area contributed by atoms with Crippen LogP contribution in [-0.4, -0.2) is 43.0 Å². The van der Waals surface area contributed by atoms with E-state index in [1.165, 1.54) is 0 Å². The first-order valence-electron chi connectivity index (χ1n) is 8.51. The number of hydrogen-bond donors (Lipinski definition) is 2. The van der Waals surface area contributed by atoms with Gasteiger partial charge in [-0.05, 0) is 37.8 Å². The molecule has 2 amide bonds. The van der Waals surface area contributed by atoms with Gasteiger partial charge >= 0.3 is 0 Å². The van der Waals surface area contributed by atoms with Gasteiger partial charge in [0.2, 0.25) is 11.8 Å². The Bertz CT molecular complexity index is 576. The molecule has 24 heavy (non-hydrogen) atoms. The Balaban J connectivity index is 1.91. The zero-order valence-electron chi connectivity index (χ0n) is 14.5. The lowest BCUT2D eigenvalue weighted by atomic mass is 9.99. The minimum absolute atomic E-state index is 0.00460. The number of likely N-dealkylation sites (N-methyl/N-ethyl adjacent to an activating group) is 1. The van der Waals surface area contributed by atoms with E-state index in [9.17, 15) is 9.59 Å². The Kier molecular flexibility index (Phi) is 6.61. The second-order valence-corrected chi connectivity index (χ2v) is 6.22. The maximum atomic E-state index is 12.5. The summed E-state index contributed by atoms with van der Waals surface area (Å²) < 4.78 is 5.22. The Morgan fingerprint density at radius 2 is 2.08 bits per heavy atom. The van der Waals surface area contributed by atoms with Crippen molar-refractivity contribution in [3.05, 3.63) is 24.3 Å². The van der Waals surface area contributed by atoms with Gasteiger partial charge in [0.05, 0.1) is 19.3 Å². The number of hydrogen-bond acceptors (Lipinski definition) is 4. The number of rotatable bonds is 7. The quantitative estimate of drug-likeness (QED) is 0.799. The van der Waals surface area contributed by atoms with Crippen molar-refractivity contribution in [2.75, 3.05) is 25.5 Å². The van der Waals surface area contributed by atoms with Crippen LogP contribution in [0.5, 0.6) is 5.75 Å². The van der Waals surface area contributed by atoms with Gasteiger partial charge in [0.1, 0.15) is 5.75 Å². The number of nitrogens with one attached hydrogen (secondary N) is 1. The van der Waals surface area contributed by atoms with Gasteiger partial charge in [0.15, 0.2) is 0 Å². The summed E-state index contributed by atoms with van der Waals surface area (Å²) in [5, 5.41) is 2.80. The number of methoxy groups -OCH3 is 1. The average Bonchev–Trinajstić information content (AvgIpc) is 2.98. The predicted molar refractivity (Wildman–Crippen MR) is 93.8 cm³/mol. The molecule has 1 aliphatic carbocycles. The molecule has 0 aliphatic heterocycles. The third kappa shape index (κ3) is 4.71. The number of ether oxygens (including phenoxy) is 1. The number of carbonyl (C=O) groups excluding carboxylic acids is 2. The summed E-state index contributed by atoms with van der Waals surface area (Å²) in [6.45, 7) is 2.42. The lowest BCUT2D eigenvalue weighted by Crippen LogP contribution is -2.40. The normalized spacial score (nSPS) is 19.8. The molecule has 0 aromatic heterocycles. The van der Waals surface area contributed by atoms with Crippen LogP contribution >= 0.6 is 0 Å². The van der Waals surface area contributed by atoms with Gasteiger partial charge in [-0.3, -0.25) is 9.59 Å². The molecule has 0 saturated heterocycles. The molecule has 3 N–H and O–H groups in total. The van der Waals surface area contributed by atoms with Crippen LogP contribution in [0.25, 0.3) is 0 Å². The zero-order chi connectivity index (χ0) is 17.5. The smallest absolute Gasteiger partial charge is 0.244 e. The molecule has 0 bridgehead atoms. The summed E-state index contributed by atoms with van der Waals surface area (Å²) in [5.74, 6) is 0.599. The third-order valence-electron chi connectivity index (χ3n) is 4.60. The Morgan fingerprint density at radius 1 is 1.33 bits per heavy atom. The summed E-state index contributed by atoms with van der Waals surface area (Å²) >= 11 is 0. The minimum Gasteiger partial charge on any atom is -0.495 e. The molecular weight excluding hydrogens is 306 g/mol. The van der Waals surface area contributed by atoms with E-state index in [1.807, 2.05) is 19.1 Å². The van der Waals surface area contributed by atoms with E-state index in [2.05, 4.69) is 5.32 Å². The second-order valence-electron chi connectivity index (χ2n) is 6.22. The number of nitrogens with two attached hydrogens (primary N) is 1. The number of para-hydroxylation sites is 2. The summed E-state index contributed by atoms with van der Waals surface area (Å²) in [7, 11) is 1.55. The monoisotopic (exact) mass is 333 g/mol. The molecule has 0 unspecified atom stereocenters. The molecule has 6 nitrogen and oxygen atoms in total. The number of benzene rings is 1. The molecule has 0 heterocycles. The van der Waals surface area contributed by atoms with Crippen LogP contribution in [0.3, 0.4) is 0 Å². The number of carbonyl (C=O) groups is 2. The van der Waals surface area contributed by atoms with E-state index < -0.39 is 0 Å². The molecule has 2 atom stereocenters. The van der Waals surface area contributed by atoms with E-state index in [0.717, 1.165) is 19.3 Å². The lowest BCUT2D eigenvalue weighted by molar-refractivity contribution is -0.135. The van der Waals surface area contributed by atoms with Crippen LogP contribution < -0.4 is 15.8 Å². The molecule has 0 radical (unpaired) electrons. The van der Waals surface area contributed by atoms with Gasteiger partial charge in [-0.2, -0.15) is 0 Å². The first-order valence-corrected chi connectivity index (χ1v) is 8.51. The summed E-state index contributed by atoms with van der Waals surface area (Å²) in [5.41, 5.74) is 6.64. The fourth-order valence-electron chi connectivity index (χ4n) is 3.16. The minimum atomic E-state index is -0.231. The maximum absolute atomic E-state index is 12.5. The highest BCUT2D eigenvalue weighted by molar-refractivity contribution is 5.95. The predicted octanol–water partition coefficient (Wildman–Crippen LogP) is 2.00. The zero-order valence-corrected chi connectivity index (χ0v) is 14.5. The van der Waals surface area contributed by atoms with Gasteiger partial charge in [-0.25, -0.2) is 0 Å². The standard InChI is InChI=1S/C18H27N3O3/c1-3-21(18(23)11-13-7-6-8-14(13)19)12-17(22)20-15-9-4-5-10-16(15)24-2/h4-5,9-10,13-14H,3,6-8,11-12,19H2,1-2H3,(H,20,22)/t13-,14+/m0/s1. The highest BCUT2D eigenvalue weighted by atomic mass is 16.5. The molecule has 1 aliphatic rings. The van der Waals surface area contributed by atoms with Crippen molar-refractivity contribution in [2.24, 2.45) is 11.7 Å². The van der Waals surface area contributed by atoms with Crippen molar-refractivity contribution in [3.63, 3.8) is 0 Å². The van der Waals surface area contributed by atoms with E-state index in [0.29, 0.717) is 24.4 Å². The number of amides is 2. The SMILES string of the molecule is CCN(CC(=O)Nc1ccccc1OC)C(=O)C[C@@H]1CCC[C@H]1N. The van der Waals surface area contributed by atoms with Gasteiger partial charge in [-0.15, -0.1) is 0 Å². The fraction of sp³-hybridized carbons (Fsp3) is 0.556. The molecule has 1 saturated carbocycles. The molecule has 1 aromatic rings. The van der Waals surface area contributed by atoms with Crippen molar-refractivity contribution in [2.45, 2.75) is 38.6 Å². The van der Waals surface area contributed by atoms with E-state index in [4.69, 9.17) is 10.5 Å². The average molecular weight is 333 g/mol. The molecule has 1 fully saturated rings. The second kappa shape index (κ2) is 8.68. The van der Waals surface area contributed by atoms with Crippen LogP contribution in [0, 0.1) is 5.92 Å². The Morgan fingerprint density at radius 3 is 2.71 bits per heavy atom. The van der Waals surface area contributed by atoms with E-state index in [1.54, 1.807) is 24.1 Å². The topological polar surface area (TPSA) is 84.7 Å². The molecule has 2 rings (SSSR count). The van der Waals surface area contributed by atoms with Crippen LogP contribution in [0.4, 0.5) is 5.69 Å². The van der Waals surface area contributed by atoms with Crippen molar-refractivity contribution in [3.8, 4) is 5.75 Å². The van der Waals surface area contributed by atoms with Gasteiger partial charge in [0, 0.05) is 19.0 Å². The molecule has 6 heteroatoms. The van der Waals surface area contributed by atoms with E-state index in [-0.39, 0.29) is 30.3 Å². The Hall–Kier alpha value is -2.08. The van der Waals surface area contributed by atoms with Crippen LogP contribution in [0.2, 0.25) is 0 Å². The first-order chi connectivity index (χ1) is 11.5. The van der Waals surface area contributed by atoms with Crippen LogP contribution in [0.1, 0.15) is 32.6 Å². The summed E-state index contributed by atoms with van der Waals surface area (Å²) in [6.07, 6.45) is 3.49. The first kappa shape index (κ1) is 18.3. The molecule has 132 valence electrons. The highest BCUT2D eigenvalue weighted by Gasteiger charge is 2.28. The maximum Gasteiger partial charge on any atom is 0.244 e. The van der Waals surface area contributed by atoms with Crippen molar-refractivity contribution in [1.29, 1.82) is 0 Å². The summed E-state index contributed by atoms with van der Waals surface area (Å²) in [6, 6.07) is 7.31. The van der Waals surface area contributed by atoms with Crippen molar-refractivity contribution < 1.29 is 14.3 Å². The van der Waals surface area contributed by atoms with E-state index >= 15 is 0 Å². The van der Waals surface area contributed by atoms with Crippen molar-refractivity contribution in [1.82, 2.24) is 4.90 Å². The lowest BCUT2D eigenvalue weighted by Gasteiger charge is -2.23. The largest absolute Gasteiger partial charge is 0.495 e. The van der Waals surface area contributed by atoms with Gasteiger partial charge < -0.3 is 20.7 Å².